The lowest BCUT2D eigenvalue weighted by Gasteiger charge is -2.19. The Morgan fingerprint density at radius 1 is 1.53 bits per heavy atom. The lowest BCUT2D eigenvalue weighted by atomic mass is 9.89. The molecule has 0 saturated heterocycles. The summed E-state index contributed by atoms with van der Waals surface area (Å²) < 4.78 is 27.8. The Kier molecular flexibility index (Phi) is 2.21. The third kappa shape index (κ3) is 1.47. The number of carboxylic acid groups (broad SMARTS) is 1. The van der Waals surface area contributed by atoms with Crippen LogP contribution in [0.3, 0.4) is 0 Å². The van der Waals surface area contributed by atoms with Crippen LogP contribution in [0.1, 0.15) is 37.4 Å². The molecule has 2 aromatic rings. The van der Waals surface area contributed by atoms with Gasteiger partial charge in [0.25, 0.3) is 5.95 Å². The fourth-order valence-corrected chi connectivity index (χ4v) is 2.82. The zero-order valence-electron chi connectivity index (χ0n) is 10.3. The number of carbonyl (C=O) groups is 1. The highest BCUT2D eigenvalue weighted by molar-refractivity contribution is 5.78. The predicted octanol–water partition coefficient (Wildman–Crippen LogP) is 1.86. The van der Waals surface area contributed by atoms with Crippen molar-refractivity contribution in [3.05, 3.63) is 29.2 Å². The van der Waals surface area contributed by atoms with Gasteiger partial charge in [0.1, 0.15) is 0 Å². The average Bonchev–Trinajstić information content (AvgIpc) is 2.76. The maximum absolute atomic E-state index is 13.5. The highest BCUT2D eigenvalue weighted by Crippen LogP contribution is 2.45. The van der Waals surface area contributed by atoms with Crippen LogP contribution in [-0.2, 0) is 10.2 Å². The molecule has 0 aliphatic heterocycles. The van der Waals surface area contributed by atoms with Crippen molar-refractivity contribution in [1.29, 1.82) is 0 Å². The van der Waals surface area contributed by atoms with Crippen molar-refractivity contribution < 1.29 is 18.7 Å². The minimum Gasteiger partial charge on any atom is -0.481 e. The molecule has 0 spiro atoms. The summed E-state index contributed by atoms with van der Waals surface area (Å²) in [7, 11) is 0. The van der Waals surface area contributed by atoms with Gasteiger partial charge in [-0.3, -0.25) is 4.79 Å². The summed E-state index contributed by atoms with van der Waals surface area (Å²) in [6.45, 7) is 3.65. The van der Waals surface area contributed by atoms with Gasteiger partial charge < -0.3 is 5.11 Å². The van der Waals surface area contributed by atoms with Gasteiger partial charge >= 0.3 is 5.97 Å². The molecule has 0 fully saturated rings. The van der Waals surface area contributed by atoms with E-state index in [0.29, 0.717) is 17.7 Å². The van der Waals surface area contributed by atoms with Crippen molar-refractivity contribution in [2.75, 3.05) is 0 Å². The molecule has 0 amide bonds. The number of fused-ring (bicyclic) bond motifs is 3. The summed E-state index contributed by atoms with van der Waals surface area (Å²) in [5.74, 6) is -4.04. The molecule has 19 heavy (non-hydrogen) atoms. The van der Waals surface area contributed by atoms with E-state index in [2.05, 4.69) is 10.1 Å². The largest absolute Gasteiger partial charge is 0.481 e. The van der Waals surface area contributed by atoms with Crippen molar-refractivity contribution in [1.82, 2.24) is 14.6 Å². The van der Waals surface area contributed by atoms with E-state index in [9.17, 15) is 18.7 Å². The Labute approximate surface area is 106 Å². The number of hydrogen-bond acceptors (Lipinski definition) is 3. The smallest absolute Gasteiger partial charge is 0.311 e. The van der Waals surface area contributed by atoms with Crippen LogP contribution >= 0.6 is 0 Å². The third-order valence-electron chi connectivity index (χ3n) is 3.61. The molecule has 0 radical (unpaired) electrons. The molecule has 3 rings (SSSR count). The second kappa shape index (κ2) is 3.49. The molecule has 2 aromatic heterocycles. The summed E-state index contributed by atoms with van der Waals surface area (Å²) in [5, 5.41) is 12.7. The first kappa shape index (κ1) is 12.0. The lowest BCUT2D eigenvalue weighted by Crippen LogP contribution is -2.18. The van der Waals surface area contributed by atoms with Crippen LogP contribution in [-0.4, -0.2) is 25.7 Å². The number of hydrogen-bond donors (Lipinski definition) is 1. The summed E-state index contributed by atoms with van der Waals surface area (Å²) in [5.41, 5.74) is 0.223. The Bertz CT molecular complexity index is 709. The molecule has 2 heterocycles. The molecule has 0 bridgehead atoms. The maximum atomic E-state index is 13.5. The number of halogens is 2. The van der Waals surface area contributed by atoms with Crippen molar-refractivity contribution in [2.24, 2.45) is 0 Å². The number of carboxylic acids is 1. The zero-order valence-corrected chi connectivity index (χ0v) is 10.3. The maximum Gasteiger partial charge on any atom is 0.311 e. The quantitative estimate of drug-likeness (QED) is 0.856. The molecular formula is C12H11F2N3O2. The summed E-state index contributed by atoms with van der Waals surface area (Å²) >= 11 is 0. The number of aromatic nitrogens is 3. The molecule has 7 heteroatoms. The normalized spacial score (nSPS) is 20.7. The SMILES string of the molecule is CC1(C)CC(C(=O)O)c2cnc3c(F)c(F)nn3c21. The molecule has 0 saturated carbocycles. The van der Waals surface area contributed by atoms with Crippen molar-refractivity contribution in [3.8, 4) is 0 Å². The topological polar surface area (TPSA) is 67.5 Å². The first-order chi connectivity index (χ1) is 8.83. The zero-order chi connectivity index (χ0) is 13.9. The number of nitrogens with zero attached hydrogens (tertiary/aromatic N) is 3. The van der Waals surface area contributed by atoms with Gasteiger partial charge in [0.05, 0.1) is 11.6 Å². The van der Waals surface area contributed by atoms with Crippen LogP contribution < -0.4 is 0 Å². The molecule has 1 aliphatic carbocycles. The van der Waals surface area contributed by atoms with Crippen molar-refractivity contribution >= 4 is 11.6 Å². The van der Waals surface area contributed by atoms with E-state index in [4.69, 9.17) is 0 Å². The van der Waals surface area contributed by atoms with Crippen molar-refractivity contribution in [3.63, 3.8) is 0 Å². The molecule has 1 N–H and O–H groups in total. The fraction of sp³-hybridized carbons (Fsp3) is 0.417. The van der Waals surface area contributed by atoms with Crippen molar-refractivity contribution in [2.45, 2.75) is 31.6 Å². The first-order valence-electron chi connectivity index (χ1n) is 5.79. The van der Waals surface area contributed by atoms with E-state index < -0.39 is 29.1 Å². The second-order valence-electron chi connectivity index (χ2n) is 5.38. The van der Waals surface area contributed by atoms with Gasteiger partial charge in [-0.2, -0.15) is 8.78 Å². The Morgan fingerprint density at radius 3 is 2.84 bits per heavy atom. The Morgan fingerprint density at radius 2 is 2.21 bits per heavy atom. The van der Waals surface area contributed by atoms with Gasteiger partial charge in [-0.25, -0.2) is 9.50 Å². The standard InChI is InChI=1S/C12H11F2N3O2/c1-12(2)3-5(11(18)19)6-4-15-10-7(13)9(14)16-17(10)8(6)12/h4-5H,3H2,1-2H3,(H,18,19). The monoisotopic (exact) mass is 267 g/mol. The van der Waals surface area contributed by atoms with Crippen LogP contribution in [0, 0.1) is 11.8 Å². The molecule has 1 atom stereocenters. The van der Waals surface area contributed by atoms with Crippen LogP contribution in [0.25, 0.3) is 5.65 Å². The van der Waals surface area contributed by atoms with Crippen LogP contribution in [0.5, 0.6) is 0 Å². The number of rotatable bonds is 1. The van der Waals surface area contributed by atoms with Gasteiger partial charge in [0.2, 0.25) is 5.82 Å². The van der Waals surface area contributed by atoms with Gasteiger partial charge in [-0.1, -0.05) is 13.8 Å². The van der Waals surface area contributed by atoms with Gasteiger partial charge in [-0.15, -0.1) is 5.10 Å². The fourth-order valence-electron chi connectivity index (χ4n) is 2.82. The summed E-state index contributed by atoms with van der Waals surface area (Å²) in [6, 6.07) is 0. The highest BCUT2D eigenvalue weighted by Gasteiger charge is 2.43. The minimum absolute atomic E-state index is 0.213. The van der Waals surface area contributed by atoms with Gasteiger partial charge in [0, 0.05) is 17.2 Å². The van der Waals surface area contributed by atoms with E-state index in [1.807, 2.05) is 13.8 Å². The van der Waals surface area contributed by atoms with Gasteiger partial charge in [0.15, 0.2) is 5.65 Å². The Balaban J connectivity index is 2.38. The molecule has 5 nitrogen and oxygen atoms in total. The molecular weight excluding hydrogens is 256 g/mol. The lowest BCUT2D eigenvalue weighted by molar-refractivity contribution is -0.139. The second-order valence-corrected chi connectivity index (χ2v) is 5.38. The van der Waals surface area contributed by atoms with Crippen LogP contribution in [0.2, 0.25) is 0 Å². The Hall–Kier alpha value is -2.05. The highest BCUT2D eigenvalue weighted by atomic mass is 19.2. The molecule has 0 aromatic carbocycles. The molecule has 1 aliphatic rings. The van der Waals surface area contributed by atoms with E-state index >= 15 is 0 Å². The van der Waals surface area contributed by atoms with Gasteiger partial charge in [-0.05, 0) is 6.42 Å². The minimum atomic E-state index is -1.23. The molecule has 1 unspecified atom stereocenters. The van der Waals surface area contributed by atoms with Crippen LogP contribution in [0.4, 0.5) is 8.78 Å². The molecule has 100 valence electrons. The van der Waals surface area contributed by atoms with E-state index in [1.54, 1.807) is 0 Å². The van der Waals surface area contributed by atoms with E-state index in [-0.39, 0.29) is 5.65 Å². The first-order valence-corrected chi connectivity index (χ1v) is 5.79. The summed E-state index contributed by atoms with van der Waals surface area (Å²) in [6.07, 6.45) is 1.66. The summed E-state index contributed by atoms with van der Waals surface area (Å²) in [4.78, 5) is 15.0. The third-order valence-corrected chi connectivity index (χ3v) is 3.61. The predicted molar refractivity (Wildman–Crippen MR) is 60.9 cm³/mol. The van der Waals surface area contributed by atoms with E-state index in [0.717, 1.165) is 4.52 Å². The number of aliphatic carboxylic acids is 1. The van der Waals surface area contributed by atoms with E-state index in [1.165, 1.54) is 6.20 Å². The average molecular weight is 267 g/mol. The van der Waals surface area contributed by atoms with Crippen LogP contribution in [0.15, 0.2) is 6.20 Å².